The number of cyclic esters (lactones) is 1. The van der Waals surface area contributed by atoms with Gasteiger partial charge in [0.25, 0.3) is 0 Å². The smallest absolute Gasteiger partial charge is 0.326 e. The van der Waals surface area contributed by atoms with Gasteiger partial charge in [-0.15, -0.1) is 0 Å². The molecule has 0 saturated carbocycles. The van der Waals surface area contributed by atoms with Crippen LogP contribution < -0.4 is 9.47 Å². The van der Waals surface area contributed by atoms with Crippen molar-refractivity contribution >= 4 is 5.97 Å². The Morgan fingerprint density at radius 2 is 1.21 bits per heavy atom. The van der Waals surface area contributed by atoms with E-state index < -0.39 is 12.1 Å². The van der Waals surface area contributed by atoms with E-state index in [-0.39, 0.29) is 12.2 Å². The molecule has 2 heterocycles. The van der Waals surface area contributed by atoms with Crippen LogP contribution in [0.5, 0.6) is 11.5 Å². The highest BCUT2D eigenvalue weighted by Gasteiger charge is 2.50. The van der Waals surface area contributed by atoms with E-state index in [1.807, 2.05) is 109 Å². The molecule has 0 N–H and O–H groups in total. The summed E-state index contributed by atoms with van der Waals surface area (Å²) in [6.45, 7) is 1.97. The summed E-state index contributed by atoms with van der Waals surface area (Å²) in [7, 11) is 0. The van der Waals surface area contributed by atoms with E-state index in [1.54, 1.807) is 0 Å². The Bertz CT molecular complexity index is 1340. The normalized spacial score (nSPS) is 20.9. The summed E-state index contributed by atoms with van der Waals surface area (Å²) in [6.07, 6.45) is -0.792. The number of carbonyl (C=O) groups is 1. The molecular weight excluding hydrogens is 478 g/mol. The third-order valence-corrected chi connectivity index (χ3v) is 6.93. The van der Waals surface area contributed by atoms with Gasteiger partial charge in [0.2, 0.25) is 0 Å². The lowest BCUT2D eigenvalue weighted by Gasteiger charge is -2.31. The quantitative estimate of drug-likeness (QED) is 0.279. The highest BCUT2D eigenvalue weighted by Crippen LogP contribution is 2.44. The van der Waals surface area contributed by atoms with Gasteiger partial charge < -0.3 is 18.9 Å². The molecule has 0 aromatic heterocycles. The lowest BCUT2D eigenvalue weighted by Crippen LogP contribution is -2.47. The molecule has 2 fully saturated rings. The summed E-state index contributed by atoms with van der Waals surface area (Å²) in [4.78, 5) is 14.9. The van der Waals surface area contributed by atoms with Crippen LogP contribution in [0.4, 0.5) is 0 Å². The van der Waals surface area contributed by atoms with Gasteiger partial charge in [-0.25, -0.2) is 0 Å². The van der Waals surface area contributed by atoms with Crippen molar-refractivity contribution in [1.82, 2.24) is 4.90 Å². The number of nitrogens with zero attached hydrogens (tertiary/aromatic N) is 1. The Kier molecular flexibility index (Phi) is 7.07. The van der Waals surface area contributed by atoms with E-state index in [0.29, 0.717) is 26.4 Å². The largest absolute Gasteiger partial charge is 0.489 e. The van der Waals surface area contributed by atoms with Crippen LogP contribution in [0.15, 0.2) is 109 Å². The fourth-order valence-corrected chi connectivity index (χ4v) is 4.96. The van der Waals surface area contributed by atoms with Crippen LogP contribution in [0.3, 0.4) is 0 Å². The topological polar surface area (TPSA) is 57.2 Å². The van der Waals surface area contributed by atoms with Crippen molar-refractivity contribution in [3.63, 3.8) is 0 Å². The van der Waals surface area contributed by atoms with E-state index in [0.717, 1.165) is 33.8 Å². The van der Waals surface area contributed by atoms with E-state index in [2.05, 4.69) is 4.90 Å². The summed E-state index contributed by atoms with van der Waals surface area (Å²) < 4.78 is 23.8. The molecule has 3 atom stereocenters. The lowest BCUT2D eigenvalue weighted by atomic mass is 10.0. The van der Waals surface area contributed by atoms with Crippen LogP contribution in [0.25, 0.3) is 0 Å². The van der Waals surface area contributed by atoms with Crippen molar-refractivity contribution < 1.29 is 23.7 Å². The molecule has 2 aliphatic rings. The molecule has 0 bridgehead atoms. The maximum Gasteiger partial charge on any atom is 0.326 e. The maximum absolute atomic E-state index is 12.8. The van der Waals surface area contributed by atoms with Crippen LogP contribution in [0.1, 0.15) is 34.6 Å². The third-order valence-electron chi connectivity index (χ3n) is 6.93. The van der Waals surface area contributed by atoms with Gasteiger partial charge in [0.05, 0.1) is 0 Å². The molecule has 4 aromatic rings. The highest BCUT2D eigenvalue weighted by atomic mass is 16.6. The van der Waals surface area contributed by atoms with Crippen molar-refractivity contribution in [2.45, 2.75) is 31.6 Å². The summed E-state index contributed by atoms with van der Waals surface area (Å²) >= 11 is 0. The molecule has 4 aromatic carbocycles. The van der Waals surface area contributed by atoms with Gasteiger partial charge in [0.15, 0.2) is 0 Å². The molecule has 38 heavy (non-hydrogen) atoms. The zero-order valence-corrected chi connectivity index (χ0v) is 20.9. The number of fused-ring (bicyclic) bond motifs is 1. The van der Waals surface area contributed by atoms with E-state index in [9.17, 15) is 4.79 Å². The first-order chi connectivity index (χ1) is 18.7. The van der Waals surface area contributed by atoms with Crippen molar-refractivity contribution in [2.75, 3.05) is 13.2 Å². The Hall–Kier alpha value is -4.13. The van der Waals surface area contributed by atoms with E-state index in [1.165, 1.54) is 0 Å². The number of hydrogen-bond acceptors (Lipinski definition) is 6. The highest BCUT2D eigenvalue weighted by molar-refractivity contribution is 5.78. The Morgan fingerprint density at radius 3 is 1.76 bits per heavy atom. The second-order valence-corrected chi connectivity index (χ2v) is 9.45. The number of benzene rings is 4. The zero-order chi connectivity index (χ0) is 25.7. The minimum absolute atomic E-state index is 0.254. The molecule has 0 aliphatic carbocycles. The standard InChI is InChI=1S/C32H29NO5/c34-32-29-30(25-11-15-27(16-12-25)36-21-23-7-3-1-4-8-23)38-31(33(29)19-20-35-32)26-13-17-28(18-14-26)37-22-24-9-5-2-6-10-24/h1-18,29-31H,19-22H2/t29?,30-,31+/m1/s1. The minimum atomic E-state index is -0.501. The van der Waals surface area contributed by atoms with Crippen molar-refractivity contribution in [2.24, 2.45) is 0 Å². The second kappa shape index (κ2) is 11.1. The molecule has 2 saturated heterocycles. The summed E-state index contributed by atoms with van der Waals surface area (Å²) in [5.41, 5.74) is 4.11. The molecule has 0 amide bonds. The van der Waals surface area contributed by atoms with Crippen LogP contribution in [0, 0.1) is 0 Å². The Labute approximate surface area is 222 Å². The van der Waals surface area contributed by atoms with Gasteiger partial charge >= 0.3 is 5.97 Å². The van der Waals surface area contributed by atoms with Gasteiger partial charge in [-0.05, 0) is 46.5 Å². The summed E-state index contributed by atoms with van der Waals surface area (Å²) in [5.74, 6) is 1.30. The summed E-state index contributed by atoms with van der Waals surface area (Å²) in [5, 5.41) is 0. The van der Waals surface area contributed by atoms with Crippen molar-refractivity contribution in [3.05, 3.63) is 131 Å². The number of rotatable bonds is 8. The number of esters is 1. The number of morpholine rings is 1. The van der Waals surface area contributed by atoms with Gasteiger partial charge in [-0.2, -0.15) is 0 Å². The van der Waals surface area contributed by atoms with Crippen LogP contribution in [0.2, 0.25) is 0 Å². The van der Waals surface area contributed by atoms with Crippen LogP contribution in [-0.4, -0.2) is 30.1 Å². The first kappa shape index (κ1) is 24.2. The molecular formula is C32H29NO5. The fourth-order valence-electron chi connectivity index (χ4n) is 4.96. The number of ether oxygens (including phenoxy) is 4. The SMILES string of the molecule is O=C1OCCN2C1[C@@H](c1ccc(OCc3ccccc3)cc1)O[C@H]2c1ccc(OCc2ccccc2)cc1. The predicted molar refractivity (Wildman–Crippen MR) is 142 cm³/mol. The van der Waals surface area contributed by atoms with Gasteiger partial charge in [0, 0.05) is 6.54 Å². The maximum atomic E-state index is 12.8. The van der Waals surface area contributed by atoms with E-state index in [4.69, 9.17) is 18.9 Å². The average molecular weight is 508 g/mol. The molecule has 1 unspecified atom stereocenters. The second-order valence-electron chi connectivity index (χ2n) is 9.45. The first-order valence-corrected chi connectivity index (χ1v) is 12.9. The van der Waals surface area contributed by atoms with Gasteiger partial charge in [-0.3, -0.25) is 9.69 Å². The molecule has 6 heteroatoms. The molecule has 0 spiro atoms. The molecule has 6 nitrogen and oxygen atoms in total. The van der Waals surface area contributed by atoms with Crippen LogP contribution >= 0.6 is 0 Å². The fraction of sp³-hybridized carbons (Fsp3) is 0.219. The Morgan fingerprint density at radius 1 is 0.684 bits per heavy atom. The molecule has 0 radical (unpaired) electrons. The molecule has 192 valence electrons. The zero-order valence-electron chi connectivity index (χ0n) is 20.9. The predicted octanol–water partition coefficient (Wildman–Crippen LogP) is 5.84. The van der Waals surface area contributed by atoms with Gasteiger partial charge in [0.1, 0.15) is 49.7 Å². The summed E-state index contributed by atoms with van der Waals surface area (Å²) in [6, 6.07) is 35.3. The molecule has 2 aliphatic heterocycles. The van der Waals surface area contributed by atoms with E-state index >= 15 is 0 Å². The average Bonchev–Trinajstić information content (AvgIpc) is 3.38. The van der Waals surface area contributed by atoms with Crippen molar-refractivity contribution in [3.8, 4) is 11.5 Å². The van der Waals surface area contributed by atoms with Crippen LogP contribution in [-0.2, 0) is 27.5 Å². The Balaban J connectivity index is 1.15. The third kappa shape index (κ3) is 5.28. The van der Waals surface area contributed by atoms with Crippen molar-refractivity contribution in [1.29, 1.82) is 0 Å². The lowest BCUT2D eigenvalue weighted by molar-refractivity contribution is -0.157. The molecule has 6 rings (SSSR count). The van der Waals surface area contributed by atoms with Gasteiger partial charge in [-0.1, -0.05) is 84.9 Å². The monoisotopic (exact) mass is 507 g/mol. The number of carbonyl (C=O) groups excluding carboxylic acids is 1. The minimum Gasteiger partial charge on any atom is -0.489 e. The first-order valence-electron chi connectivity index (χ1n) is 12.9. The number of hydrogen-bond donors (Lipinski definition) is 0.